The second-order valence-corrected chi connectivity index (χ2v) is 4.64. The van der Waals surface area contributed by atoms with Crippen molar-refractivity contribution in [3.63, 3.8) is 0 Å². The van der Waals surface area contributed by atoms with Gasteiger partial charge in [-0.1, -0.05) is 17.8 Å². The molecule has 3 rings (SSSR count). The van der Waals surface area contributed by atoms with Gasteiger partial charge in [0.15, 0.2) is 5.16 Å². The molecule has 0 bridgehead atoms. The minimum Gasteiger partial charge on any atom is -0.398 e. The second kappa shape index (κ2) is 4.34. The van der Waals surface area contributed by atoms with Crippen molar-refractivity contribution in [2.45, 2.75) is 5.16 Å². The molecule has 0 aliphatic heterocycles. The minimum absolute atomic E-state index is 0.762. The van der Waals surface area contributed by atoms with Crippen LogP contribution in [0.15, 0.2) is 47.9 Å². The Morgan fingerprint density at radius 2 is 2.11 bits per heavy atom. The molecule has 0 spiro atoms. The number of hydrogen-bond donors (Lipinski definition) is 1. The van der Waals surface area contributed by atoms with Crippen LogP contribution in [0.2, 0.25) is 0 Å². The van der Waals surface area contributed by atoms with E-state index in [1.165, 1.54) is 11.8 Å². The van der Waals surface area contributed by atoms with Crippen LogP contribution in [0.25, 0.3) is 16.7 Å². The summed E-state index contributed by atoms with van der Waals surface area (Å²) in [6.45, 7) is 0. The van der Waals surface area contributed by atoms with Gasteiger partial charge >= 0.3 is 0 Å². The van der Waals surface area contributed by atoms with E-state index >= 15 is 0 Å². The number of aromatic nitrogens is 3. The molecule has 18 heavy (non-hydrogen) atoms. The number of hydrogen-bond acceptors (Lipinski definition) is 4. The fourth-order valence-electron chi connectivity index (χ4n) is 1.96. The molecular formula is C13H12N4S. The van der Waals surface area contributed by atoms with E-state index in [0.717, 1.165) is 27.6 Å². The Hall–Kier alpha value is -2.01. The Balaban J connectivity index is 2.22. The Morgan fingerprint density at radius 1 is 1.22 bits per heavy atom. The van der Waals surface area contributed by atoms with Gasteiger partial charge < -0.3 is 10.3 Å². The Morgan fingerprint density at radius 3 is 2.94 bits per heavy atom. The molecule has 0 aliphatic carbocycles. The molecule has 2 aromatic heterocycles. The average molecular weight is 256 g/mol. The normalized spacial score (nSPS) is 10.9. The maximum absolute atomic E-state index is 5.95. The van der Waals surface area contributed by atoms with Gasteiger partial charge in [0.05, 0.1) is 5.52 Å². The molecule has 0 aliphatic rings. The van der Waals surface area contributed by atoms with Crippen LogP contribution in [0.5, 0.6) is 0 Å². The quantitative estimate of drug-likeness (QED) is 0.435. The molecule has 4 nitrogen and oxygen atoms in total. The van der Waals surface area contributed by atoms with Crippen LogP contribution in [0.1, 0.15) is 0 Å². The smallest absolute Gasteiger partial charge is 0.189 e. The van der Waals surface area contributed by atoms with Crippen LogP contribution < -0.4 is 5.73 Å². The van der Waals surface area contributed by atoms with Crippen LogP contribution >= 0.6 is 11.8 Å². The summed E-state index contributed by atoms with van der Waals surface area (Å²) in [6, 6.07) is 9.78. The zero-order valence-electron chi connectivity index (χ0n) is 9.87. The zero-order chi connectivity index (χ0) is 12.5. The number of nitrogens with zero attached hydrogens (tertiary/aromatic N) is 3. The maximum atomic E-state index is 5.95. The molecular weight excluding hydrogens is 244 g/mol. The molecule has 0 fully saturated rings. The number of nitrogen functional groups attached to an aromatic ring is 1. The average Bonchev–Trinajstić information content (AvgIpc) is 2.84. The van der Waals surface area contributed by atoms with E-state index in [9.17, 15) is 0 Å². The van der Waals surface area contributed by atoms with E-state index in [1.54, 1.807) is 6.20 Å². The van der Waals surface area contributed by atoms with Gasteiger partial charge in [0.1, 0.15) is 5.82 Å². The number of fused-ring (bicyclic) bond motifs is 1. The molecule has 90 valence electrons. The summed E-state index contributed by atoms with van der Waals surface area (Å²) in [5.74, 6) is 0.856. The fourth-order valence-corrected chi connectivity index (χ4v) is 2.31. The van der Waals surface area contributed by atoms with Gasteiger partial charge in [0, 0.05) is 23.5 Å². The Kier molecular flexibility index (Phi) is 2.68. The first kappa shape index (κ1) is 11.1. The number of benzene rings is 1. The molecule has 2 N–H and O–H groups in total. The second-order valence-electron chi connectivity index (χ2n) is 3.87. The van der Waals surface area contributed by atoms with Gasteiger partial charge in [0.2, 0.25) is 0 Å². The van der Waals surface area contributed by atoms with E-state index < -0.39 is 0 Å². The number of nitrogens with two attached hydrogens (primary N) is 1. The third-order valence-corrected chi connectivity index (χ3v) is 3.38. The van der Waals surface area contributed by atoms with Gasteiger partial charge in [0.25, 0.3) is 0 Å². The zero-order valence-corrected chi connectivity index (χ0v) is 10.7. The largest absolute Gasteiger partial charge is 0.398 e. The van der Waals surface area contributed by atoms with E-state index in [1.807, 2.05) is 47.4 Å². The van der Waals surface area contributed by atoms with Gasteiger partial charge in [-0.2, -0.15) is 0 Å². The van der Waals surface area contributed by atoms with Crippen LogP contribution in [0.3, 0.4) is 0 Å². The van der Waals surface area contributed by atoms with Gasteiger partial charge in [-0.15, -0.1) is 0 Å². The van der Waals surface area contributed by atoms with Gasteiger partial charge in [-0.25, -0.2) is 9.97 Å². The molecule has 0 atom stereocenters. The molecule has 0 saturated heterocycles. The van der Waals surface area contributed by atoms with Gasteiger partial charge in [-0.3, -0.25) is 0 Å². The van der Waals surface area contributed by atoms with Crippen LogP contribution in [-0.4, -0.2) is 20.8 Å². The lowest BCUT2D eigenvalue weighted by Crippen LogP contribution is -1.98. The van der Waals surface area contributed by atoms with Crippen molar-refractivity contribution in [1.29, 1.82) is 0 Å². The summed E-state index contributed by atoms with van der Waals surface area (Å²) >= 11 is 1.53. The van der Waals surface area contributed by atoms with Crippen molar-refractivity contribution in [3.05, 3.63) is 42.7 Å². The van der Waals surface area contributed by atoms with E-state index in [0.29, 0.717) is 0 Å². The van der Waals surface area contributed by atoms with Crippen LogP contribution in [-0.2, 0) is 0 Å². The molecule has 0 amide bonds. The third kappa shape index (κ3) is 1.73. The van der Waals surface area contributed by atoms with Gasteiger partial charge in [-0.05, 0) is 30.5 Å². The lowest BCUT2D eigenvalue weighted by Gasteiger charge is -2.05. The van der Waals surface area contributed by atoms with Crippen molar-refractivity contribution >= 4 is 28.4 Å². The van der Waals surface area contributed by atoms with Crippen LogP contribution in [0.4, 0.5) is 5.69 Å². The molecule has 0 saturated carbocycles. The molecule has 0 unspecified atom stereocenters. The van der Waals surface area contributed by atoms with Crippen molar-refractivity contribution in [2.75, 3.05) is 12.0 Å². The van der Waals surface area contributed by atoms with Crippen LogP contribution in [0, 0.1) is 0 Å². The number of thioether (sulfide) groups is 1. The van der Waals surface area contributed by atoms with Crippen molar-refractivity contribution in [2.24, 2.45) is 0 Å². The summed E-state index contributed by atoms with van der Waals surface area (Å²) in [4.78, 5) is 8.67. The Labute approximate surface area is 109 Å². The lowest BCUT2D eigenvalue weighted by molar-refractivity contribution is 0.908. The summed E-state index contributed by atoms with van der Waals surface area (Å²) in [6.07, 6.45) is 5.71. The summed E-state index contributed by atoms with van der Waals surface area (Å²) in [7, 11) is 0. The van der Waals surface area contributed by atoms with Crippen molar-refractivity contribution in [3.8, 4) is 5.82 Å². The van der Waals surface area contributed by atoms with E-state index in [2.05, 4.69) is 9.97 Å². The molecule has 5 heteroatoms. The first-order valence-corrected chi connectivity index (χ1v) is 6.75. The predicted octanol–water partition coefficient (Wildman–Crippen LogP) is 2.72. The molecule has 0 radical (unpaired) electrons. The third-order valence-electron chi connectivity index (χ3n) is 2.81. The maximum Gasteiger partial charge on any atom is 0.189 e. The lowest BCUT2D eigenvalue weighted by atomic mass is 10.2. The highest BCUT2D eigenvalue weighted by Crippen LogP contribution is 2.24. The van der Waals surface area contributed by atoms with Crippen molar-refractivity contribution in [1.82, 2.24) is 14.5 Å². The predicted molar refractivity (Wildman–Crippen MR) is 75.1 cm³/mol. The first-order chi connectivity index (χ1) is 8.79. The van der Waals surface area contributed by atoms with E-state index in [4.69, 9.17) is 5.73 Å². The molecule has 3 aromatic rings. The summed E-state index contributed by atoms with van der Waals surface area (Å²) < 4.78 is 2.02. The number of anilines is 1. The van der Waals surface area contributed by atoms with Crippen molar-refractivity contribution < 1.29 is 0 Å². The fraction of sp³-hybridized carbons (Fsp3) is 0.0769. The highest BCUT2D eigenvalue weighted by molar-refractivity contribution is 7.98. The number of rotatable bonds is 2. The molecule has 1 aromatic carbocycles. The highest BCUT2D eigenvalue weighted by atomic mass is 32.2. The van der Waals surface area contributed by atoms with E-state index in [-0.39, 0.29) is 0 Å². The standard InChI is InChI=1S/C13H12N4S/c1-18-13-15-7-5-12(16-13)17-8-6-9-10(14)3-2-4-11(9)17/h2-8H,14H2,1H3. The summed E-state index contributed by atoms with van der Waals surface area (Å²) in [5, 5.41) is 1.81. The SMILES string of the molecule is CSc1nccc(-n2ccc3c(N)cccc32)n1. The molecule has 2 heterocycles. The minimum atomic E-state index is 0.762. The Bertz CT molecular complexity index is 705. The monoisotopic (exact) mass is 256 g/mol. The summed E-state index contributed by atoms with van der Waals surface area (Å²) in [5.41, 5.74) is 7.79. The first-order valence-electron chi connectivity index (χ1n) is 5.52. The highest BCUT2D eigenvalue weighted by Gasteiger charge is 2.06. The topological polar surface area (TPSA) is 56.7 Å².